The van der Waals surface area contributed by atoms with Crippen LogP contribution in [0.2, 0.25) is 5.54 Å². The molecular weight excluding hydrogens is 244 g/mol. The Morgan fingerprint density at radius 3 is 1.47 bits per heavy atom. The van der Waals surface area contributed by atoms with Crippen molar-refractivity contribution in [1.29, 1.82) is 0 Å². The molecule has 1 unspecified atom stereocenters. The average Bonchev–Trinajstić information content (AvgIpc) is 2.40. The molecule has 1 atom stereocenters. The van der Waals surface area contributed by atoms with Crippen LogP contribution in [0, 0.1) is 12.3 Å². The Morgan fingerprint density at radius 2 is 1.16 bits per heavy atom. The van der Waals surface area contributed by atoms with Crippen LogP contribution in [0.25, 0.3) is 0 Å². The molecule has 0 heterocycles. The van der Waals surface area contributed by atoms with Gasteiger partial charge in [-0.05, 0) is 11.0 Å². The fourth-order valence-corrected chi connectivity index (χ4v) is 6.07. The highest BCUT2D eigenvalue weighted by atomic mass is 28.3. The molecule has 2 aromatic carbocycles. The minimum Gasteiger partial charge on any atom is -0.0629 e. The topological polar surface area (TPSA) is 0 Å². The van der Waals surface area contributed by atoms with Crippen LogP contribution in [-0.2, 0) is 0 Å². The Kier molecular flexibility index (Phi) is 4.26. The molecule has 1 heteroatoms. The van der Waals surface area contributed by atoms with Gasteiger partial charge in [0.1, 0.15) is 8.80 Å². The third-order valence-corrected chi connectivity index (χ3v) is 7.84. The minimum atomic E-state index is -1.28. The van der Waals surface area contributed by atoms with Crippen molar-refractivity contribution in [2.45, 2.75) is 26.3 Å². The number of hydrogen-bond acceptors (Lipinski definition) is 0. The van der Waals surface area contributed by atoms with Gasteiger partial charge in [0.25, 0.3) is 0 Å². The molecule has 0 N–H and O–H groups in total. The third kappa shape index (κ3) is 3.36. The number of rotatable bonds is 3. The molecule has 0 spiro atoms. The first-order valence-corrected chi connectivity index (χ1v) is 8.75. The Hall–Kier alpha value is -1.34. The van der Waals surface area contributed by atoms with Gasteiger partial charge in [-0.25, -0.2) is 0 Å². The first-order valence-electron chi connectivity index (χ1n) is 6.93. The van der Waals surface area contributed by atoms with Crippen molar-refractivity contribution in [3.05, 3.63) is 67.6 Å². The summed E-state index contributed by atoms with van der Waals surface area (Å²) in [7, 11) is -1.28. The van der Waals surface area contributed by atoms with Gasteiger partial charge in [-0.15, -0.1) is 0 Å². The largest absolute Gasteiger partial charge is 0.106 e. The molecule has 19 heavy (non-hydrogen) atoms. The van der Waals surface area contributed by atoms with E-state index >= 15 is 0 Å². The first kappa shape index (κ1) is 14.1. The summed E-state index contributed by atoms with van der Waals surface area (Å²) < 4.78 is 0. The maximum atomic E-state index is 4.52. The standard InChI is InChI=1S/C18H23Si/c1-15(18(2,3)4)19(16-11-7-5-8-12-16)17-13-9-6-10-14-17/h5-15,19H,1H2,2-4H3. The van der Waals surface area contributed by atoms with Crippen LogP contribution in [-0.4, -0.2) is 8.80 Å². The maximum absolute atomic E-state index is 4.52. The van der Waals surface area contributed by atoms with Gasteiger partial charge in [0.2, 0.25) is 0 Å². The Bertz CT molecular complexity index is 457. The summed E-state index contributed by atoms with van der Waals surface area (Å²) in [6.07, 6.45) is 0. The van der Waals surface area contributed by atoms with Gasteiger partial charge >= 0.3 is 0 Å². The fourth-order valence-electron chi connectivity index (χ4n) is 2.48. The Morgan fingerprint density at radius 1 is 0.789 bits per heavy atom. The smallest absolute Gasteiger partial charge is 0.0629 e. The van der Waals surface area contributed by atoms with Crippen molar-refractivity contribution < 1.29 is 0 Å². The van der Waals surface area contributed by atoms with E-state index in [0.717, 1.165) is 0 Å². The molecule has 0 saturated heterocycles. The van der Waals surface area contributed by atoms with Crippen LogP contribution in [0.4, 0.5) is 0 Å². The highest BCUT2D eigenvalue weighted by molar-refractivity contribution is 6.86. The predicted octanol–water partition coefficient (Wildman–Crippen LogP) is 3.28. The molecule has 0 aliphatic carbocycles. The van der Waals surface area contributed by atoms with Crippen LogP contribution in [0.1, 0.15) is 20.8 Å². The van der Waals surface area contributed by atoms with E-state index in [0.29, 0.717) is 5.54 Å². The van der Waals surface area contributed by atoms with Gasteiger partial charge < -0.3 is 0 Å². The van der Waals surface area contributed by atoms with Crippen molar-refractivity contribution in [2.75, 3.05) is 0 Å². The van der Waals surface area contributed by atoms with Gasteiger partial charge in [0, 0.05) is 0 Å². The molecule has 0 aliphatic heterocycles. The summed E-state index contributed by atoms with van der Waals surface area (Å²) in [4.78, 5) is 0. The second kappa shape index (κ2) is 5.75. The van der Waals surface area contributed by atoms with E-state index in [-0.39, 0.29) is 5.41 Å². The summed E-state index contributed by atoms with van der Waals surface area (Å²) in [5.41, 5.74) is 0.708. The fraction of sp³-hybridized carbons (Fsp3) is 0.278. The molecule has 99 valence electrons. The van der Waals surface area contributed by atoms with Gasteiger partial charge in [0.15, 0.2) is 0 Å². The molecule has 2 rings (SSSR count). The van der Waals surface area contributed by atoms with Gasteiger partial charge in [0.05, 0.1) is 0 Å². The van der Waals surface area contributed by atoms with Crippen LogP contribution >= 0.6 is 0 Å². The molecule has 0 aliphatic rings. The van der Waals surface area contributed by atoms with Crippen molar-refractivity contribution in [3.8, 4) is 0 Å². The second-order valence-corrected chi connectivity index (χ2v) is 9.36. The van der Waals surface area contributed by atoms with Gasteiger partial charge in [-0.2, -0.15) is 0 Å². The predicted molar refractivity (Wildman–Crippen MR) is 87.9 cm³/mol. The van der Waals surface area contributed by atoms with Crippen molar-refractivity contribution >= 4 is 19.2 Å². The lowest BCUT2D eigenvalue weighted by Crippen LogP contribution is -2.48. The number of benzene rings is 2. The molecule has 0 aromatic heterocycles. The lowest BCUT2D eigenvalue weighted by molar-refractivity contribution is 0.415. The summed E-state index contributed by atoms with van der Waals surface area (Å²) in [6, 6.07) is 21.9. The third-order valence-electron chi connectivity index (χ3n) is 3.83. The highest BCUT2D eigenvalue weighted by Crippen LogP contribution is 2.32. The molecule has 0 nitrogen and oxygen atoms in total. The van der Waals surface area contributed by atoms with E-state index in [9.17, 15) is 0 Å². The minimum absolute atomic E-state index is 0.239. The van der Waals surface area contributed by atoms with E-state index in [1.165, 1.54) is 10.4 Å². The lowest BCUT2D eigenvalue weighted by Gasteiger charge is -2.34. The van der Waals surface area contributed by atoms with Crippen molar-refractivity contribution in [2.24, 2.45) is 5.41 Å². The normalized spacial score (nSPS) is 13.5. The van der Waals surface area contributed by atoms with E-state index < -0.39 is 8.80 Å². The lowest BCUT2D eigenvalue weighted by atomic mass is 9.93. The maximum Gasteiger partial charge on any atom is 0.106 e. The van der Waals surface area contributed by atoms with Gasteiger partial charge in [-0.3, -0.25) is 0 Å². The van der Waals surface area contributed by atoms with Crippen LogP contribution in [0.5, 0.6) is 0 Å². The van der Waals surface area contributed by atoms with E-state index in [4.69, 9.17) is 0 Å². The highest BCUT2D eigenvalue weighted by Gasteiger charge is 2.31. The zero-order valence-corrected chi connectivity index (χ0v) is 13.3. The van der Waals surface area contributed by atoms with E-state index in [1.807, 2.05) is 0 Å². The van der Waals surface area contributed by atoms with Crippen LogP contribution in [0.3, 0.4) is 0 Å². The molecule has 0 fully saturated rings. The monoisotopic (exact) mass is 267 g/mol. The zero-order valence-electron chi connectivity index (χ0n) is 12.1. The SMILES string of the molecule is [CH2]C([SiH](c1ccccc1)c1ccccc1)C(C)(C)C. The first-order chi connectivity index (χ1) is 9.00. The quantitative estimate of drug-likeness (QED) is 0.749. The molecular formula is C18H23Si. The summed E-state index contributed by atoms with van der Waals surface area (Å²) in [6.45, 7) is 11.4. The Labute approximate surface area is 119 Å². The van der Waals surface area contributed by atoms with Crippen LogP contribution in [0.15, 0.2) is 60.7 Å². The van der Waals surface area contributed by atoms with E-state index in [1.54, 1.807) is 0 Å². The van der Waals surface area contributed by atoms with Crippen molar-refractivity contribution in [1.82, 2.24) is 0 Å². The molecule has 0 bridgehead atoms. The molecule has 0 saturated carbocycles. The second-order valence-electron chi connectivity index (χ2n) is 6.27. The van der Waals surface area contributed by atoms with Gasteiger partial charge in [-0.1, -0.05) is 98.7 Å². The van der Waals surface area contributed by atoms with Crippen LogP contribution < -0.4 is 10.4 Å². The molecule has 2 aromatic rings. The summed E-state index contributed by atoms with van der Waals surface area (Å²) >= 11 is 0. The Balaban J connectivity index is 2.46. The summed E-state index contributed by atoms with van der Waals surface area (Å²) in [5, 5.41) is 2.98. The molecule has 1 radical (unpaired) electrons. The average molecular weight is 267 g/mol. The van der Waals surface area contributed by atoms with E-state index in [2.05, 4.69) is 88.4 Å². The molecule has 0 amide bonds. The zero-order chi connectivity index (χ0) is 13.9. The van der Waals surface area contributed by atoms with Crippen molar-refractivity contribution in [3.63, 3.8) is 0 Å². The summed E-state index contributed by atoms with van der Waals surface area (Å²) in [5.74, 6) is 0. The number of hydrogen-bond donors (Lipinski definition) is 0.